The Kier molecular flexibility index (Phi) is 7.72. The van der Waals surface area contributed by atoms with E-state index in [1.165, 1.54) is 0 Å². The third-order valence-electron chi connectivity index (χ3n) is 5.16. The SMILES string of the molecule is Cl.NCC1CCN(C(=O)C2CCCN(C(=O)COc3ccccc3)C2)C1. The Labute approximate surface area is 161 Å². The highest BCUT2D eigenvalue weighted by Crippen LogP contribution is 2.23. The van der Waals surface area contributed by atoms with Crippen molar-refractivity contribution in [2.24, 2.45) is 17.6 Å². The van der Waals surface area contributed by atoms with Crippen LogP contribution in [0.5, 0.6) is 5.75 Å². The van der Waals surface area contributed by atoms with Gasteiger partial charge in [-0.15, -0.1) is 12.4 Å². The van der Waals surface area contributed by atoms with Crippen LogP contribution in [0.2, 0.25) is 0 Å². The second kappa shape index (κ2) is 9.78. The maximum absolute atomic E-state index is 12.7. The number of benzene rings is 1. The molecule has 2 atom stereocenters. The summed E-state index contributed by atoms with van der Waals surface area (Å²) in [5.41, 5.74) is 5.71. The van der Waals surface area contributed by atoms with Crippen molar-refractivity contribution in [2.45, 2.75) is 19.3 Å². The van der Waals surface area contributed by atoms with Crippen LogP contribution in [-0.4, -0.2) is 60.9 Å². The minimum Gasteiger partial charge on any atom is -0.484 e. The molecule has 0 bridgehead atoms. The molecule has 2 aliphatic heterocycles. The summed E-state index contributed by atoms with van der Waals surface area (Å²) in [6, 6.07) is 9.32. The number of hydrogen-bond acceptors (Lipinski definition) is 4. The molecule has 26 heavy (non-hydrogen) atoms. The van der Waals surface area contributed by atoms with E-state index >= 15 is 0 Å². The number of carbonyl (C=O) groups is 2. The van der Waals surface area contributed by atoms with Crippen molar-refractivity contribution in [3.63, 3.8) is 0 Å². The molecule has 2 amide bonds. The number of rotatable bonds is 5. The number of hydrogen-bond donors (Lipinski definition) is 1. The standard InChI is InChI=1S/C19H27N3O3.ClH/c20-11-15-8-10-22(12-15)19(24)16-5-4-9-21(13-16)18(23)14-25-17-6-2-1-3-7-17;/h1-3,6-7,15-16H,4-5,8-14,20H2;1H. The molecule has 2 fully saturated rings. The molecule has 7 heteroatoms. The Hall–Kier alpha value is -1.79. The van der Waals surface area contributed by atoms with Crippen LogP contribution in [0.3, 0.4) is 0 Å². The lowest BCUT2D eigenvalue weighted by molar-refractivity contribution is -0.141. The van der Waals surface area contributed by atoms with Gasteiger partial charge < -0.3 is 20.3 Å². The van der Waals surface area contributed by atoms with Crippen molar-refractivity contribution >= 4 is 24.2 Å². The molecule has 0 aromatic heterocycles. The Bertz CT molecular complexity index is 599. The molecule has 0 spiro atoms. The fraction of sp³-hybridized carbons (Fsp3) is 0.579. The second-order valence-corrected chi connectivity index (χ2v) is 6.96. The fourth-order valence-electron chi connectivity index (χ4n) is 3.64. The van der Waals surface area contributed by atoms with E-state index in [1.807, 2.05) is 35.2 Å². The van der Waals surface area contributed by atoms with E-state index in [0.29, 0.717) is 31.3 Å². The molecule has 0 saturated carbocycles. The first-order valence-electron chi connectivity index (χ1n) is 9.12. The summed E-state index contributed by atoms with van der Waals surface area (Å²) >= 11 is 0. The maximum atomic E-state index is 12.7. The van der Waals surface area contributed by atoms with E-state index in [2.05, 4.69) is 0 Å². The number of piperidine rings is 1. The van der Waals surface area contributed by atoms with Gasteiger partial charge in [-0.2, -0.15) is 0 Å². The van der Waals surface area contributed by atoms with Crippen molar-refractivity contribution in [2.75, 3.05) is 39.3 Å². The molecule has 6 nitrogen and oxygen atoms in total. The highest BCUT2D eigenvalue weighted by molar-refractivity contribution is 5.85. The van der Waals surface area contributed by atoms with E-state index in [0.717, 1.165) is 32.4 Å². The van der Waals surface area contributed by atoms with Gasteiger partial charge >= 0.3 is 0 Å². The van der Waals surface area contributed by atoms with Crippen LogP contribution in [-0.2, 0) is 9.59 Å². The van der Waals surface area contributed by atoms with Gasteiger partial charge in [0, 0.05) is 26.2 Å². The van der Waals surface area contributed by atoms with Crippen LogP contribution >= 0.6 is 12.4 Å². The predicted octanol–water partition coefficient (Wildman–Crippen LogP) is 1.53. The van der Waals surface area contributed by atoms with Gasteiger partial charge in [-0.1, -0.05) is 18.2 Å². The number of nitrogens with two attached hydrogens (primary N) is 1. The summed E-state index contributed by atoms with van der Waals surface area (Å²) in [5, 5.41) is 0. The monoisotopic (exact) mass is 381 g/mol. The van der Waals surface area contributed by atoms with E-state index in [4.69, 9.17) is 10.5 Å². The van der Waals surface area contributed by atoms with Gasteiger partial charge in [0.15, 0.2) is 6.61 Å². The van der Waals surface area contributed by atoms with Gasteiger partial charge in [-0.05, 0) is 43.9 Å². The molecule has 3 rings (SSSR count). The first kappa shape index (κ1) is 20.5. The summed E-state index contributed by atoms with van der Waals surface area (Å²) in [5.74, 6) is 1.14. The lowest BCUT2D eigenvalue weighted by Crippen LogP contribution is -2.47. The third kappa shape index (κ3) is 5.11. The molecule has 144 valence electrons. The van der Waals surface area contributed by atoms with Crippen molar-refractivity contribution in [1.29, 1.82) is 0 Å². The average Bonchev–Trinajstić information content (AvgIpc) is 3.15. The van der Waals surface area contributed by atoms with Crippen molar-refractivity contribution in [1.82, 2.24) is 9.80 Å². The molecule has 2 N–H and O–H groups in total. The van der Waals surface area contributed by atoms with E-state index in [-0.39, 0.29) is 36.7 Å². The topological polar surface area (TPSA) is 75.9 Å². The Morgan fingerprint density at radius 3 is 2.54 bits per heavy atom. The number of ether oxygens (including phenoxy) is 1. The van der Waals surface area contributed by atoms with E-state index in [9.17, 15) is 9.59 Å². The largest absolute Gasteiger partial charge is 0.484 e. The number of likely N-dealkylation sites (tertiary alicyclic amines) is 2. The normalized spacial score (nSPS) is 22.7. The predicted molar refractivity (Wildman–Crippen MR) is 102 cm³/mol. The summed E-state index contributed by atoms with van der Waals surface area (Å²) in [4.78, 5) is 28.8. The molecule has 0 radical (unpaired) electrons. The van der Waals surface area contributed by atoms with Gasteiger partial charge in [0.25, 0.3) is 5.91 Å². The van der Waals surface area contributed by atoms with Crippen molar-refractivity contribution < 1.29 is 14.3 Å². The first-order chi connectivity index (χ1) is 12.2. The lowest BCUT2D eigenvalue weighted by Gasteiger charge is -2.34. The minimum atomic E-state index is -0.0917. The number of halogens is 1. The fourth-order valence-corrected chi connectivity index (χ4v) is 3.64. The van der Waals surface area contributed by atoms with Gasteiger partial charge in [0.1, 0.15) is 5.75 Å². The zero-order chi connectivity index (χ0) is 17.6. The first-order valence-corrected chi connectivity index (χ1v) is 9.12. The molecular formula is C19H28ClN3O3. The number of carbonyl (C=O) groups excluding carboxylic acids is 2. The van der Waals surface area contributed by atoms with Gasteiger partial charge in [-0.25, -0.2) is 0 Å². The number of para-hydroxylation sites is 1. The average molecular weight is 382 g/mol. The zero-order valence-corrected chi connectivity index (χ0v) is 15.8. The molecule has 2 unspecified atom stereocenters. The Balaban J connectivity index is 0.00000243. The van der Waals surface area contributed by atoms with Crippen LogP contribution in [0.15, 0.2) is 30.3 Å². The van der Waals surface area contributed by atoms with E-state index < -0.39 is 0 Å². The van der Waals surface area contributed by atoms with Gasteiger partial charge in [0.05, 0.1) is 5.92 Å². The summed E-state index contributed by atoms with van der Waals surface area (Å²) in [6.07, 6.45) is 2.70. The molecule has 1 aromatic rings. The molecule has 2 heterocycles. The molecule has 1 aromatic carbocycles. The Morgan fingerprint density at radius 1 is 1.08 bits per heavy atom. The van der Waals surface area contributed by atoms with Crippen LogP contribution in [0.4, 0.5) is 0 Å². The summed E-state index contributed by atoms with van der Waals surface area (Å²) < 4.78 is 5.54. The highest BCUT2D eigenvalue weighted by Gasteiger charge is 2.34. The molecule has 2 aliphatic rings. The minimum absolute atomic E-state index is 0. The van der Waals surface area contributed by atoms with Crippen LogP contribution < -0.4 is 10.5 Å². The second-order valence-electron chi connectivity index (χ2n) is 6.96. The quantitative estimate of drug-likeness (QED) is 0.839. The van der Waals surface area contributed by atoms with Crippen LogP contribution in [0.25, 0.3) is 0 Å². The third-order valence-corrected chi connectivity index (χ3v) is 5.16. The van der Waals surface area contributed by atoms with Crippen LogP contribution in [0.1, 0.15) is 19.3 Å². The zero-order valence-electron chi connectivity index (χ0n) is 15.0. The number of amides is 2. The lowest BCUT2D eigenvalue weighted by atomic mass is 9.96. The highest BCUT2D eigenvalue weighted by atomic mass is 35.5. The summed E-state index contributed by atoms with van der Waals surface area (Å²) in [6.45, 7) is 3.41. The van der Waals surface area contributed by atoms with Gasteiger partial charge in [0.2, 0.25) is 5.91 Å². The van der Waals surface area contributed by atoms with Crippen molar-refractivity contribution in [3.8, 4) is 5.75 Å². The van der Waals surface area contributed by atoms with E-state index in [1.54, 1.807) is 4.90 Å². The molecule has 2 saturated heterocycles. The van der Waals surface area contributed by atoms with Crippen LogP contribution in [0, 0.1) is 11.8 Å². The molecule has 0 aliphatic carbocycles. The Morgan fingerprint density at radius 2 is 1.85 bits per heavy atom. The van der Waals surface area contributed by atoms with Gasteiger partial charge in [-0.3, -0.25) is 9.59 Å². The molecular weight excluding hydrogens is 354 g/mol. The van der Waals surface area contributed by atoms with Crippen molar-refractivity contribution in [3.05, 3.63) is 30.3 Å². The maximum Gasteiger partial charge on any atom is 0.260 e. The number of nitrogens with zero attached hydrogens (tertiary/aromatic N) is 2. The summed E-state index contributed by atoms with van der Waals surface area (Å²) in [7, 11) is 0. The smallest absolute Gasteiger partial charge is 0.260 e.